The molecule has 1 rings (SSSR count). The predicted octanol–water partition coefficient (Wildman–Crippen LogP) is 1.91. The summed E-state index contributed by atoms with van der Waals surface area (Å²) >= 11 is 2.66. The molecular weight excluding hydrogens is 281 g/mol. The average Bonchev–Trinajstić information content (AvgIpc) is 1.99. The number of amides is 1. The standard InChI is InChI=1S/C7H6BrF3N2O2/c8-6(13-5(14)15)4(7(9,10)11)2-1-3-12-6/h1-3,12-13H,(H,14,15). The van der Waals surface area contributed by atoms with Crippen LogP contribution >= 0.6 is 15.9 Å². The van der Waals surface area contributed by atoms with Crippen LogP contribution < -0.4 is 10.6 Å². The smallest absolute Gasteiger partial charge is 0.417 e. The Balaban J connectivity index is 3.03. The van der Waals surface area contributed by atoms with E-state index in [0.29, 0.717) is 0 Å². The number of carboxylic acid groups (broad SMARTS) is 1. The van der Waals surface area contributed by atoms with E-state index in [2.05, 4.69) is 21.2 Å². The van der Waals surface area contributed by atoms with Crippen molar-refractivity contribution in [2.24, 2.45) is 0 Å². The molecule has 0 fully saturated rings. The van der Waals surface area contributed by atoms with E-state index in [-0.39, 0.29) is 0 Å². The van der Waals surface area contributed by atoms with Gasteiger partial charge in [-0.1, -0.05) is 0 Å². The lowest BCUT2D eigenvalue weighted by atomic mass is 10.1. The molecule has 1 amide bonds. The van der Waals surface area contributed by atoms with E-state index < -0.39 is 22.4 Å². The molecule has 3 N–H and O–H groups in total. The molecule has 1 aliphatic rings. The van der Waals surface area contributed by atoms with Gasteiger partial charge in [-0.15, -0.1) is 0 Å². The van der Waals surface area contributed by atoms with Gasteiger partial charge in [-0.2, -0.15) is 13.2 Å². The van der Waals surface area contributed by atoms with Crippen molar-refractivity contribution in [1.29, 1.82) is 0 Å². The van der Waals surface area contributed by atoms with Gasteiger partial charge in [-0.3, -0.25) is 5.32 Å². The van der Waals surface area contributed by atoms with E-state index in [0.717, 1.165) is 12.2 Å². The van der Waals surface area contributed by atoms with Crippen molar-refractivity contribution in [2.75, 3.05) is 0 Å². The number of hydrogen-bond acceptors (Lipinski definition) is 2. The summed E-state index contributed by atoms with van der Waals surface area (Å²) in [5, 5.41) is 12.4. The molecule has 0 aromatic heterocycles. The van der Waals surface area contributed by atoms with Crippen LogP contribution in [0.1, 0.15) is 0 Å². The highest BCUT2D eigenvalue weighted by atomic mass is 79.9. The number of halogens is 4. The first-order chi connectivity index (χ1) is 6.76. The summed E-state index contributed by atoms with van der Waals surface area (Å²) in [7, 11) is 0. The fourth-order valence-electron chi connectivity index (χ4n) is 1.04. The summed E-state index contributed by atoms with van der Waals surface area (Å²) in [5.41, 5.74) is -1.07. The number of nitrogens with one attached hydrogen (secondary N) is 2. The Labute approximate surface area is 91.0 Å². The van der Waals surface area contributed by atoms with Crippen molar-refractivity contribution in [3.63, 3.8) is 0 Å². The summed E-state index contributed by atoms with van der Waals surface area (Å²) in [5.74, 6) is 0. The lowest BCUT2D eigenvalue weighted by Gasteiger charge is -2.33. The normalized spacial score (nSPS) is 25.5. The molecule has 0 bridgehead atoms. The van der Waals surface area contributed by atoms with Gasteiger partial charge < -0.3 is 10.4 Å². The van der Waals surface area contributed by atoms with Gasteiger partial charge in [0.25, 0.3) is 0 Å². The lowest BCUT2D eigenvalue weighted by molar-refractivity contribution is -0.0985. The van der Waals surface area contributed by atoms with Crippen LogP contribution in [0.15, 0.2) is 23.9 Å². The first kappa shape index (κ1) is 11.9. The number of alkyl halides is 4. The van der Waals surface area contributed by atoms with Gasteiger partial charge in [-0.05, 0) is 34.3 Å². The third-order valence-corrected chi connectivity index (χ3v) is 2.45. The van der Waals surface area contributed by atoms with Crippen LogP contribution in [0.25, 0.3) is 0 Å². The van der Waals surface area contributed by atoms with E-state index in [4.69, 9.17) is 5.11 Å². The maximum atomic E-state index is 12.5. The summed E-state index contributed by atoms with van der Waals surface area (Å²) in [6.45, 7) is 0. The quantitative estimate of drug-likeness (QED) is 0.510. The van der Waals surface area contributed by atoms with Crippen molar-refractivity contribution >= 4 is 22.0 Å². The Kier molecular flexibility index (Phi) is 2.98. The fraction of sp³-hybridized carbons (Fsp3) is 0.286. The lowest BCUT2D eigenvalue weighted by Crippen LogP contribution is -2.56. The summed E-state index contributed by atoms with van der Waals surface area (Å²) < 4.78 is 35.4. The molecule has 1 atom stereocenters. The van der Waals surface area contributed by atoms with Crippen molar-refractivity contribution in [2.45, 2.75) is 10.7 Å². The largest absolute Gasteiger partial charge is 0.465 e. The predicted molar refractivity (Wildman–Crippen MR) is 49.2 cm³/mol. The maximum Gasteiger partial charge on any atom is 0.417 e. The minimum atomic E-state index is -4.64. The van der Waals surface area contributed by atoms with Crippen LogP contribution in [0.4, 0.5) is 18.0 Å². The molecule has 0 aliphatic carbocycles. The van der Waals surface area contributed by atoms with Crippen molar-refractivity contribution in [3.05, 3.63) is 23.9 Å². The van der Waals surface area contributed by atoms with Crippen LogP contribution in [-0.4, -0.2) is 21.9 Å². The second-order valence-corrected chi connectivity index (χ2v) is 3.86. The highest BCUT2D eigenvalue weighted by Crippen LogP contribution is 2.37. The second-order valence-electron chi connectivity index (χ2n) is 2.67. The SMILES string of the molecule is O=C(O)NC1(Br)NC=CC=C1C(F)(F)F. The Morgan fingerprint density at radius 1 is 1.60 bits per heavy atom. The minimum Gasteiger partial charge on any atom is -0.465 e. The number of carbonyl (C=O) groups is 1. The Morgan fingerprint density at radius 2 is 2.20 bits per heavy atom. The summed E-state index contributed by atoms with van der Waals surface area (Å²) in [6, 6.07) is 0. The van der Waals surface area contributed by atoms with Crippen LogP contribution in [0, 0.1) is 0 Å². The molecule has 1 aliphatic heterocycles. The zero-order valence-corrected chi connectivity index (χ0v) is 8.69. The van der Waals surface area contributed by atoms with Gasteiger partial charge in [0, 0.05) is 0 Å². The van der Waals surface area contributed by atoms with Gasteiger partial charge in [-0.25, -0.2) is 4.79 Å². The van der Waals surface area contributed by atoms with Crippen LogP contribution in [0.5, 0.6) is 0 Å². The van der Waals surface area contributed by atoms with Crippen LogP contribution in [0.3, 0.4) is 0 Å². The second kappa shape index (κ2) is 3.76. The van der Waals surface area contributed by atoms with Crippen LogP contribution in [-0.2, 0) is 0 Å². The molecule has 84 valence electrons. The molecule has 0 aromatic carbocycles. The van der Waals surface area contributed by atoms with Crippen molar-refractivity contribution in [1.82, 2.24) is 10.6 Å². The molecule has 0 saturated heterocycles. The Hall–Kier alpha value is -1.18. The van der Waals surface area contributed by atoms with Crippen LogP contribution in [0.2, 0.25) is 0 Å². The van der Waals surface area contributed by atoms with Crippen molar-refractivity contribution < 1.29 is 23.1 Å². The topological polar surface area (TPSA) is 61.4 Å². The van der Waals surface area contributed by atoms with E-state index in [1.165, 1.54) is 6.20 Å². The molecule has 15 heavy (non-hydrogen) atoms. The minimum absolute atomic E-state index is 0.779. The molecule has 1 unspecified atom stereocenters. The van der Waals surface area contributed by atoms with E-state index in [9.17, 15) is 18.0 Å². The van der Waals surface area contributed by atoms with E-state index >= 15 is 0 Å². The fourth-order valence-corrected chi connectivity index (χ4v) is 1.70. The average molecular weight is 287 g/mol. The summed E-state index contributed by atoms with van der Waals surface area (Å²) in [4.78, 5) is 10.3. The molecule has 1 heterocycles. The van der Waals surface area contributed by atoms with Gasteiger partial charge in [0.1, 0.15) is 0 Å². The highest BCUT2D eigenvalue weighted by Gasteiger charge is 2.48. The zero-order valence-electron chi connectivity index (χ0n) is 7.10. The van der Waals surface area contributed by atoms with Gasteiger partial charge in [0.15, 0.2) is 0 Å². The molecule has 8 heteroatoms. The van der Waals surface area contributed by atoms with Gasteiger partial charge in [0.05, 0.1) is 5.57 Å². The van der Waals surface area contributed by atoms with Gasteiger partial charge >= 0.3 is 12.3 Å². The third-order valence-electron chi connectivity index (χ3n) is 1.60. The molecule has 0 aromatic rings. The molecular formula is C7H6BrF3N2O2. The Bertz CT molecular complexity index is 340. The third kappa shape index (κ3) is 2.65. The van der Waals surface area contributed by atoms with Crippen molar-refractivity contribution in [3.8, 4) is 0 Å². The first-order valence-electron chi connectivity index (χ1n) is 3.68. The Morgan fingerprint density at radius 3 is 2.67 bits per heavy atom. The molecule has 0 radical (unpaired) electrons. The highest BCUT2D eigenvalue weighted by molar-refractivity contribution is 9.10. The number of rotatable bonds is 1. The molecule has 0 saturated carbocycles. The van der Waals surface area contributed by atoms with E-state index in [1.807, 2.05) is 0 Å². The number of allylic oxidation sites excluding steroid dienone is 2. The monoisotopic (exact) mass is 286 g/mol. The summed E-state index contributed by atoms with van der Waals surface area (Å²) in [6.07, 6.45) is -3.11. The van der Waals surface area contributed by atoms with E-state index in [1.54, 1.807) is 5.32 Å². The zero-order chi connectivity index (χ0) is 11.7. The number of dihydropyridines is 1. The molecule has 4 nitrogen and oxygen atoms in total. The maximum absolute atomic E-state index is 12.5. The molecule has 0 spiro atoms. The number of hydrogen-bond donors (Lipinski definition) is 3. The first-order valence-corrected chi connectivity index (χ1v) is 4.47. The van der Waals surface area contributed by atoms with Gasteiger partial charge in [0.2, 0.25) is 4.57 Å².